The second-order valence-corrected chi connectivity index (χ2v) is 8.52. The van der Waals surface area contributed by atoms with Crippen molar-refractivity contribution in [2.45, 2.75) is 65.5 Å². The van der Waals surface area contributed by atoms with E-state index in [4.69, 9.17) is 9.47 Å². The minimum absolute atomic E-state index is 0.0365. The number of aromatic nitrogens is 1. The van der Waals surface area contributed by atoms with Crippen LogP contribution in [0.4, 0.5) is 10.5 Å². The average molecular weight is 432 g/mol. The Morgan fingerprint density at radius 2 is 1.94 bits per heavy atom. The van der Waals surface area contributed by atoms with E-state index >= 15 is 0 Å². The van der Waals surface area contributed by atoms with Gasteiger partial charge in [0.25, 0.3) is 0 Å². The van der Waals surface area contributed by atoms with Gasteiger partial charge in [0.1, 0.15) is 12.1 Å². The van der Waals surface area contributed by atoms with Gasteiger partial charge in [0, 0.05) is 35.2 Å². The van der Waals surface area contributed by atoms with Crippen LogP contribution in [0.1, 0.15) is 53.0 Å². The molecule has 2 N–H and O–H groups in total. The molecule has 31 heavy (non-hydrogen) atoms. The van der Waals surface area contributed by atoms with Gasteiger partial charge in [0.15, 0.2) is 0 Å². The van der Waals surface area contributed by atoms with Crippen LogP contribution in [0.25, 0.3) is 10.9 Å². The number of benzene rings is 1. The summed E-state index contributed by atoms with van der Waals surface area (Å²) < 4.78 is 10.2. The normalized spacial score (nSPS) is 12.3. The van der Waals surface area contributed by atoms with Crippen molar-refractivity contribution in [3.05, 3.63) is 30.0 Å². The fourth-order valence-electron chi connectivity index (χ4n) is 3.39. The summed E-state index contributed by atoms with van der Waals surface area (Å²) >= 11 is 0. The van der Waals surface area contributed by atoms with Gasteiger partial charge in [0.05, 0.1) is 7.11 Å². The summed E-state index contributed by atoms with van der Waals surface area (Å²) in [6.45, 7) is 9.09. The predicted octanol–water partition coefficient (Wildman–Crippen LogP) is 4.25. The molecule has 2 aromatic rings. The van der Waals surface area contributed by atoms with Crippen molar-refractivity contribution in [2.75, 3.05) is 19.0 Å². The van der Waals surface area contributed by atoms with Crippen molar-refractivity contribution >= 4 is 34.6 Å². The Hall–Kier alpha value is -3.03. The molecule has 0 bridgehead atoms. The SMILES string of the molecule is CCCC(=O)N(C(=O)OC(C)(C)C)C(C)Cc1c[nH]c2cccc(NCC(=O)OC)c12. The van der Waals surface area contributed by atoms with Crippen molar-refractivity contribution in [3.63, 3.8) is 0 Å². The lowest BCUT2D eigenvalue weighted by atomic mass is 10.0. The number of nitrogens with zero attached hydrogens (tertiary/aromatic N) is 1. The number of hydrogen-bond acceptors (Lipinski definition) is 6. The quantitative estimate of drug-likeness (QED) is 0.606. The number of fused-ring (bicyclic) bond motifs is 1. The first-order valence-electron chi connectivity index (χ1n) is 10.5. The first-order chi connectivity index (χ1) is 14.6. The van der Waals surface area contributed by atoms with Crippen LogP contribution in [0.3, 0.4) is 0 Å². The van der Waals surface area contributed by atoms with Crippen molar-refractivity contribution in [2.24, 2.45) is 0 Å². The highest BCUT2D eigenvalue weighted by Gasteiger charge is 2.31. The molecular formula is C23H33N3O5. The first kappa shape index (κ1) is 24.2. The fraction of sp³-hybridized carbons (Fsp3) is 0.522. The van der Waals surface area contributed by atoms with E-state index in [1.54, 1.807) is 20.8 Å². The van der Waals surface area contributed by atoms with E-state index in [-0.39, 0.29) is 24.8 Å². The number of nitrogens with one attached hydrogen (secondary N) is 2. The molecule has 0 aliphatic carbocycles. The van der Waals surface area contributed by atoms with Crippen molar-refractivity contribution in [1.29, 1.82) is 0 Å². The molecular weight excluding hydrogens is 398 g/mol. The van der Waals surface area contributed by atoms with Crippen LogP contribution in [0, 0.1) is 0 Å². The molecule has 0 aliphatic rings. The van der Waals surface area contributed by atoms with E-state index in [1.165, 1.54) is 12.0 Å². The number of anilines is 1. The number of carbonyl (C=O) groups excluding carboxylic acids is 3. The summed E-state index contributed by atoms with van der Waals surface area (Å²) in [5, 5.41) is 4.01. The summed E-state index contributed by atoms with van der Waals surface area (Å²) in [6, 6.07) is 5.27. The van der Waals surface area contributed by atoms with E-state index in [1.807, 2.05) is 38.2 Å². The monoisotopic (exact) mass is 431 g/mol. The van der Waals surface area contributed by atoms with E-state index in [9.17, 15) is 14.4 Å². The highest BCUT2D eigenvalue weighted by molar-refractivity contribution is 5.96. The maximum Gasteiger partial charge on any atom is 0.417 e. The summed E-state index contributed by atoms with van der Waals surface area (Å²) in [6.07, 6.45) is 2.57. The molecule has 0 saturated carbocycles. The third-order valence-corrected chi connectivity index (χ3v) is 4.72. The number of methoxy groups -OCH3 is 1. The van der Waals surface area contributed by atoms with Crippen molar-refractivity contribution < 1.29 is 23.9 Å². The Morgan fingerprint density at radius 1 is 1.23 bits per heavy atom. The molecule has 1 unspecified atom stereocenters. The number of esters is 1. The Morgan fingerprint density at radius 3 is 2.55 bits per heavy atom. The molecule has 2 amide bonds. The summed E-state index contributed by atoms with van der Waals surface area (Å²) in [5.41, 5.74) is 1.89. The third kappa shape index (κ3) is 6.47. The second kappa shape index (κ2) is 10.3. The summed E-state index contributed by atoms with van der Waals surface area (Å²) in [4.78, 5) is 41.5. The number of H-pyrrole nitrogens is 1. The molecule has 1 atom stereocenters. The Labute approximate surface area is 183 Å². The molecule has 1 aromatic carbocycles. The lowest BCUT2D eigenvalue weighted by Crippen LogP contribution is -2.46. The molecule has 8 nitrogen and oxygen atoms in total. The van der Waals surface area contributed by atoms with Gasteiger partial charge in [-0.1, -0.05) is 13.0 Å². The fourth-order valence-corrected chi connectivity index (χ4v) is 3.39. The third-order valence-electron chi connectivity index (χ3n) is 4.72. The summed E-state index contributed by atoms with van der Waals surface area (Å²) in [5.74, 6) is -0.628. The number of ether oxygens (including phenoxy) is 2. The molecule has 1 heterocycles. The van der Waals surface area contributed by atoms with E-state index in [0.717, 1.165) is 22.2 Å². The lowest BCUT2D eigenvalue weighted by molar-refractivity contribution is -0.138. The van der Waals surface area contributed by atoms with Gasteiger partial charge in [-0.05, 0) is 58.2 Å². The van der Waals surface area contributed by atoms with Crippen molar-refractivity contribution in [3.8, 4) is 0 Å². The molecule has 2 rings (SSSR count). The molecule has 8 heteroatoms. The van der Waals surface area contributed by atoms with Crippen LogP contribution >= 0.6 is 0 Å². The van der Waals surface area contributed by atoms with Crippen LogP contribution < -0.4 is 5.32 Å². The maximum atomic E-state index is 12.8. The number of amides is 2. The molecule has 0 fully saturated rings. The lowest BCUT2D eigenvalue weighted by Gasteiger charge is -2.30. The smallest absolute Gasteiger partial charge is 0.417 e. The van der Waals surface area contributed by atoms with Crippen molar-refractivity contribution in [1.82, 2.24) is 9.88 Å². The van der Waals surface area contributed by atoms with E-state index in [0.29, 0.717) is 12.8 Å². The van der Waals surface area contributed by atoms with Gasteiger partial charge < -0.3 is 19.8 Å². The van der Waals surface area contributed by atoms with Gasteiger partial charge in [-0.3, -0.25) is 9.59 Å². The Balaban J connectivity index is 2.32. The number of hydrogen-bond donors (Lipinski definition) is 2. The molecule has 0 radical (unpaired) electrons. The number of carbonyl (C=O) groups is 3. The van der Waals surface area contributed by atoms with E-state index in [2.05, 4.69) is 10.3 Å². The van der Waals surface area contributed by atoms with Crippen LogP contribution in [0.15, 0.2) is 24.4 Å². The van der Waals surface area contributed by atoms with Gasteiger partial charge in [-0.25, -0.2) is 9.69 Å². The Kier molecular flexibility index (Phi) is 8.08. The molecule has 1 aromatic heterocycles. The van der Waals surface area contributed by atoms with Gasteiger partial charge in [0.2, 0.25) is 5.91 Å². The topological polar surface area (TPSA) is 101 Å². The highest BCUT2D eigenvalue weighted by atomic mass is 16.6. The molecule has 0 spiro atoms. The number of aromatic amines is 1. The minimum atomic E-state index is -0.701. The van der Waals surface area contributed by atoms with Gasteiger partial charge >= 0.3 is 12.1 Å². The largest absolute Gasteiger partial charge is 0.468 e. The second-order valence-electron chi connectivity index (χ2n) is 8.52. The van der Waals surface area contributed by atoms with Gasteiger partial charge in [-0.2, -0.15) is 0 Å². The van der Waals surface area contributed by atoms with Crippen LogP contribution in [-0.4, -0.2) is 53.2 Å². The zero-order valence-corrected chi connectivity index (χ0v) is 19.2. The Bertz CT molecular complexity index is 929. The standard InChI is InChI=1S/C23H33N3O5/c1-7-9-19(27)26(22(29)31-23(3,4)5)15(2)12-16-13-24-17-10-8-11-18(21(16)17)25-14-20(28)30-6/h8,10-11,13,15,24-25H,7,9,12,14H2,1-6H3. The molecule has 170 valence electrons. The zero-order chi connectivity index (χ0) is 23.2. The summed E-state index contributed by atoms with van der Waals surface area (Å²) in [7, 11) is 1.34. The van der Waals surface area contributed by atoms with Crippen LogP contribution in [-0.2, 0) is 25.5 Å². The number of imide groups is 1. The van der Waals surface area contributed by atoms with Gasteiger partial charge in [-0.15, -0.1) is 0 Å². The first-order valence-corrected chi connectivity index (χ1v) is 10.5. The predicted molar refractivity (Wildman–Crippen MR) is 120 cm³/mol. The minimum Gasteiger partial charge on any atom is -0.468 e. The van der Waals surface area contributed by atoms with E-state index < -0.39 is 17.7 Å². The zero-order valence-electron chi connectivity index (χ0n) is 19.2. The average Bonchev–Trinajstić information content (AvgIpc) is 3.08. The van der Waals surface area contributed by atoms with Crippen LogP contribution in [0.5, 0.6) is 0 Å². The number of rotatable bonds is 8. The molecule has 0 aliphatic heterocycles. The molecule has 0 saturated heterocycles. The highest BCUT2D eigenvalue weighted by Crippen LogP contribution is 2.29. The van der Waals surface area contributed by atoms with Crippen LogP contribution in [0.2, 0.25) is 0 Å². The maximum absolute atomic E-state index is 12.8.